The summed E-state index contributed by atoms with van der Waals surface area (Å²) in [6.07, 6.45) is 0. The third kappa shape index (κ3) is 3.67. The van der Waals surface area contributed by atoms with E-state index in [4.69, 9.17) is 0 Å². The van der Waals surface area contributed by atoms with Crippen LogP contribution in [-0.4, -0.2) is 19.5 Å². The third-order valence-electron chi connectivity index (χ3n) is 2.06. The van der Waals surface area contributed by atoms with Gasteiger partial charge in [0.05, 0.1) is 12.6 Å². The largest absolute Gasteiger partial charge is 0.348 e. The average molecular weight is 210 g/mol. The molecule has 0 spiro atoms. The first-order valence-electron chi connectivity index (χ1n) is 4.83. The van der Waals surface area contributed by atoms with Gasteiger partial charge in [-0.3, -0.25) is 4.79 Å². The highest BCUT2D eigenvalue weighted by Crippen LogP contribution is 2.12. The second-order valence-electron chi connectivity index (χ2n) is 3.37. The molecule has 4 heteroatoms. The number of nitrogens with one attached hydrogen (secondary N) is 2. The van der Waals surface area contributed by atoms with Crippen molar-refractivity contribution in [3.63, 3.8) is 0 Å². The van der Waals surface area contributed by atoms with Crippen LogP contribution >= 0.6 is 0 Å². The number of rotatable bonds is 4. The van der Waals surface area contributed by atoms with Gasteiger partial charge in [0.25, 0.3) is 0 Å². The van der Waals surface area contributed by atoms with Crippen LogP contribution in [0.2, 0.25) is 0 Å². The van der Waals surface area contributed by atoms with Gasteiger partial charge >= 0.3 is 0 Å². The molecule has 0 bridgehead atoms. The Labute approximate surface area is 88.7 Å². The van der Waals surface area contributed by atoms with E-state index in [9.17, 15) is 9.18 Å². The van der Waals surface area contributed by atoms with Crippen molar-refractivity contribution in [1.82, 2.24) is 10.6 Å². The van der Waals surface area contributed by atoms with Crippen LogP contribution in [0.25, 0.3) is 0 Å². The van der Waals surface area contributed by atoms with Crippen molar-refractivity contribution in [2.24, 2.45) is 0 Å². The Bertz CT molecular complexity index is 341. The fraction of sp³-hybridized carbons (Fsp3) is 0.364. The van der Waals surface area contributed by atoms with Crippen molar-refractivity contribution >= 4 is 5.91 Å². The molecule has 1 amide bonds. The van der Waals surface area contributed by atoms with Crippen LogP contribution in [0.5, 0.6) is 0 Å². The van der Waals surface area contributed by atoms with Gasteiger partial charge in [0, 0.05) is 0 Å². The van der Waals surface area contributed by atoms with E-state index < -0.39 is 0 Å². The van der Waals surface area contributed by atoms with Crippen LogP contribution in [0.3, 0.4) is 0 Å². The van der Waals surface area contributed by atoms with E-state index in [1.165, 1.54) is 12.1 Å². The molecule has 0 saturated carbocycles. The summed E-state index contributed by atoms with van der Waals surface area (Å²) in [6.45, 7) is 2.09. The minimum absolute atomic E-state index is 0.103. The molecule has 0 aliphatic heterocycles. The molecule has 1 atom stereocenters. The Morgan fingerprint density at radius 1 is 1.53 bits per heavy atom. The molecule has 0 aliphatic carbocycles. The van der Waals surface area contributed by atoms with Crippen molar-refractivity contribution in [2.45, 2.75) is 13.0 Å². The number of benzene rings is 1. The molecule has 1 aromatic rings. The van der Waals surface area contributed by atoms with Crippen molar-refractivity contribution in [1.29, 1.82) is 0 Å². The summed E-state index contributed by atoms with van der Waals surface area (Å²) in [7, 11) is 1.70. The van der Waals surface area contributed by atoms with E-state index >= 15 is 0 Å². The molecule has 0 heterocycles. The summed E-state index contributed by atoms with van der Waals surface area (Å²) in [6, 6.07) is 6.04. The first-order chi connectivity index (χ1) is 7.13. The van der Waals surface area contributed by atoms with Gasteiger partial charge in [-0.15, -0.1) is 0 Å². The molecule has 82 valence electrons. The zero-order valence-electron chi connectivity index (χ0n) is 8.88. The summed E-state index contributed by atoms with van der Waals surface area (Å²) < 4.78 is 12.9. The molecule has 1 unspecified atom stereocenters. The van der Waals surface area contributed by atoms with Gasteiger partial charge in [0.15, 0.2) is 0 Å². The second-order valence-corrected chi connectivity index (χ2v) is 3.37. The number of carbonyl (C=O) groups is 1. The predicted octanol–water partition coefficient (Wildman–Crippen LogP) is 1.22. The van der Waals surface area contributed by atoms with Crippen LogP contribution < -0.4 is 10.6 Å². The first kappa shape index (κ1) is 11.7. The van der Waals surface area contributed by atoms with Gasteiger partial charge < -0.3 is 10.6 Å². The quantitative estimate of drug-likeness (QED) is 0.784. The normalized spacial score (nSPS) is 12.2. The van der Waals surface area contributed by atoms with Gasteiger partial charge in [0.2, 0.25) is 5.91 Å². The van der Waals surface area contributed by atoms with Crippen molar-refractivity contribution in [3.05, 3.63) is 35.6 Å². The number of amides is 1. The second kappa shape index (κ2) is 5.46. The van der Waals surface area contributed by atoms with E-state index in [1.807, 2.05) is 6.92 Å². The van der Waals surface area contributed by atoms with Gasteiger partial charge in [-0.05, 0) is 31.7 Å². The Balaban J connectivity index is 2.60. The lowest BCUT2D eigenvalue weighted by Crippen LogP contribution is -2.33. The van der Waals surface area contributed by atoms with E-state index in [0.29, 0.717) is 0 Å². The fourth-order valence-electron chi connectivity index (χ4n) is 1.31. The minimum Gasteiger partial charge on any atom is -0.348 e. The monoisotopic (exact) mass is 210 g/mol. The summed E-state index contributed by atoms with van der Waals surface area (Å²) in [5.41, 5.74) is 0.763. The summed E-state index contributed by atoms with van der Waals surface area (Å²) in [4.78, 5) is 11.2. The number of halogens is 1. The summed E-state index contributed by atoms with van der Waals surface area (Å²) in [5, 5.41) is 5.51. The average Bonchev–Trinajstić information content (AvgIpc) is 2.18. The lowest BCUT2D eigenvalue weighted by Gasteiger charge is -2.14. The Hall–Kier alpha value is -1.42. The minimum atomic E-state index is -0.290. The van der Waals surface area contributed by atoms with Crippen molar-refractivity contribution in [2.75, 3.05) is 13.6 Å². The third-order valence-corrected chi connectivity index (χ3v) is 2.06. The van der Waals surface area contributed by atoms with Crippen LogP contribution in [0, 0.1) is 5.82 Å². The van der Waals surface area contributed by atoms with Crippen molar-refractivity contribution in [3.8, 4) is 0 Å². The summed E-state index contributed by atoms with van der Waals surface area (Å²) >= 11 is 0. The lowest BCUT2D eigenvalue weighted by molar-refractivity contribution is -0.120. The molecule has 2 N–H and O–H groups in total. The zero-order valence-corrected chi connectivity index (χ0v) is 8.88. The highest BCUT2D eigenvalue weighted by Gasteiger charge is 2.08. The number of hydrogen-bond acceptors (Lipinski definition) is 2. The lowest BCUT2D eigenvalue weighted by atomic mass is 10.1. The molecular formula is C11H15FN2O. The van der Waals surface area contributed by atoms with Crippen LogP contribution in [-0.2, 0) is 4.79 Å². The number of carbonyl (C=O) groups excluding carboxylic acids is 1. The molecule has 0 fully saturated rings. The zero-order chi connectivity index (χ0) is 11.3. The van der Waals surface area contributed by atoms with E-state index in [-0.39, 0.29) is 24.3 Å². The molecule has 0 radical (unpaired) electrons. The molecule has 0 aromatic heterocycles. The van der Waals surface area contributed by atoms with E-state index in [1.54, 1.807) is 19.2 Å². The number of likely N-dealkylation sites (N-methyl/N-ethyl adjacent to an activating group) is 1. The molecule has 0 saturated heterocycles. The maximum absolute atomic E-state index is 12.9. The van der Waals surface area contributed by atoms with Crippen LogP contribution in [0.1, 0.15) is 18.5 Å². The Morgan fingerprint density at radius 2 is 2.27 bits per heavy atom. The standard InChI is InChI=1S/C11H15FN2O/c1-8(14-11(15)7-13-2)9-4-3-5-10(12)6-9/h3-6,8,13H,7H2,1-2H3,(H,14,15). The highest BCUT2D eigenvalue weighted by molar-refractivity contribution is 5.78. The first-order valence-corrected chi connectivity index (χ1v) is 4.83. The summed E-state index contributed by atoms with van der Waals surface area (Å²) in [5.74, 6) is -0.392. The van der Waals surface area contributed by atoms with Crippen LogP contribution in [0.15, 0.2) is 24.3 Å². The Morgan fingerprint density at radius 3 is 2.87 bits per heavy atom. The van der Waals surface area contributed by atoms with E-state index in [0.717, 1.165) is 5.56 Å². The van der Waals surface area contributed by atoms with Gasteiger partial charge in [-0.2, -0.15) is 0 Å². The highest BCUT2D eigenvalue weighted by atomic mass is 19.1. The fourth-order valence-corrected chi connectivity index (χ4v) is 1.31. The SMILES string of the molecule is CNCC(=O)NC(C)c1cccc(F)c1. The van der Waals surface area contributed by atoms with Gasteiger partial charge in [0.1, 0.15) is 5.82 Å². The molecule has 0 aliphatic rings. The molecular weight excluding hydrogens is 195 g/mol. The van der Waals surface area contributed by atoms with Gasteiger partial charge in [-0.25, -0.2) is 4.39 Å². The maximum Gasteiger partial charge on any atom is 0.234 e. The smallest absolute Gasteiger partial charge is 0.234 e. The molecule has 3 nitrogen and oxygen atoms in total. The predicted molar refractivity (Wildman–Crippen MR) is 56.9 cm³/mol. The molecule has 15 heavy (non-hydrogen) atoms. The maximum atomic E-state index is 12.9. The Kier molecular flexibility index (Phi) is 4.24. The molecule has 1 aromatic carbocycles. The topological polar surface area (TPSA) is 41.1 Å². The van der Waals surface area contributed by atoms with Crippen LogP contribution in [0.4, 0.5) is 4.39 Å². The van der Waals surface area contributed by atoms with Gasteiger partial charge in [-0.1, -0.05) is 12.1 Å². The van der Waals surface area contributed by atoms with E-state index in [2.05, 4.69) is 10.6 Å². The molecule has 1 rings (SSSR count). The number of hydrogen-bond donors (Lipinski definition) is 2. The van der Waals surface area contributed by atoms with Crippen molar-refractivity contribution < 1.29 is 9.18 Å².